The number of carbonyl (C=O) groups excluding carboxylic acids is 2. The average molecular weight is 493 g/mol. The van der Waals surface area contributed by atoms with E-state index in [-0.39, 0.29) is 12.4 Å². The second-order valence-corrected chi connectivity index (χ2v) is 11.0. The number of thioether (sulfide) groups is 1. The predicted octanol–water partition coefficient (Wildman–Crippen LogP) is 3.28. The van der Waals surface area contributed by atoms with Gasteiger partial charge in [0.2, 0.25) is 0 Å². The van der Waals surface area contributed by atoms with Crippen LogP contribution in [-0.4, -0.2) is 49.2 Å². The summed E-state index contributed by atoms with van der Waals surface area (Å²) in [6.45, 7) is 2.62. The summed E-state index contributed by atoms with van der Waals surface area (Å²) < 4.78 is 32.7. The summed E-state index contributed by atoms with van der Waals surface area (Å²) in [6, 6.07) is 13.9. The van der Waals surface area contributed by atoms with E-state index >= 15 is 0 Å². The van der Waals surface area contributed by atoms with Crippen molar-refractivity contribution < 1.29 is 22.7 Å². The summed E-state index contributed by atoms with van der Waals surface area (Å²) >= 11 is 2.90. The van der Waals surface area contributed by atoms with Gasteiger partial charge in [-0.25, -0.2) is 13.2 Å². The molecule has 3 rings (SSSR count). The summed E-state index contributed by atoms with van der Waals surface area (Å²) in [6.07, 6.45) is 1.98. The SMILES string of the molecule is CCOC(=O)c1ccc2c(c1)sc(=NC(=O)CS(=O)(=O)Cc1ccccc1)n2CCSC. The number of amides is 1. The van der Waals surface area contributed by atoms with E-state index in [9.17, 15) is 18.0 Å². The van der Waals surface area contributed by atoms with Gasteiger partial charge in [-0.2, -0.15) is 16.8 Å². The highest BCUT2D eigenvalue weighted by Crippen LogP contribution is 2.20. The van der Waals surface area contributed by atoms with Gasteiger partial charge in [0.15, 0.2) is 14.6 Å². The lowest BCUT2D eigenvalue weighted by molar-refractivity contribution is -0.115. The minimum absolute atomic E-state index is 0.211. The largest absolute Gasteiger partial charge is 0.462 e. The molecule has 0 saturated carbocycles. The zero-order valence-electron chi connectivity index (χ0n) is 17.8. The molecule has 0 N–H and O–H groups in total. The van der Waals surface area contributed by atoms with Crippen LogP contribution in [0.5, 0.6) is 0 Å². The topological polar surface area (TPSA) is 94.8 Å². The van der Waals surface area contributed by atoms with Crippen LogP contribution in [0.4, 0.5) is 0 Å². The number of hydrogen-bond donors (Lipinski definition) is 0. The normalized spacial score (nSPS) is 12.2. The number of esters is 1. The minimum atomic E-state index is -3.65. The van der Waals surface area contributed by atoms with E-state index in [4.69, 9.17) is 4.74 Å². The third-order valence-corrected chi connectivity index (χ3v) is 7.60. The van der Waals surface area contributed by atoms with Crippen LogP contribution in [0.3, 0.4) is 0 Å². The summed E-state index contributed by atoms with van der Waals surface area (Å²) in [5, 5.41) is 0. The quantitative estimate of drug-likeness (QED) is 0.426. The fourth-order valence-electron chi connectivity index (χ4n) is 3.10. The van der Waals surface area contributed by atoms with Gasteiger partial charge in [-0.15, -0.1) is 0 Å². The van der Waals surface area contributed by atoms with Crippen molar-refractivity contribution in [1.82, 2.24) is 4.57 Å². The van der Waals surface area contributed by atoms with Crippen molar-refractivity contribution in [2.24, 2.45) is 4.99 Å². The van der Waals surface area contributed by atoms with Crippen molar-refractivity contribution in [2.45, 2.75) is 19.2 Å². The summed E-state index contributed by atoms with van der Waals surface area (Å²) in [5.74, 6) is -1.21. The molecule has 0 aliphatic carbocycles. The Morgan fingerprint density at radius 1 is 1.16 bits per heavy atom. The number of fused-ring (bicyclic) bond motifs is 1. The van der Waals surface area contributed by atoms with Crippen molar-refractivity contribution in [3.8, 4) is 0 Å². The molecule has 0 unspecified atom stereocenters. The van der Waals surface area contributed by atoms with E-state index < -0.39 is 27.5 Å². The molecular formula is C22H24N2O5S3. The van der Waals surface area contributed by atoms with Gasteiger partial charge in [-0.1, -0.05) is 41.7 Å². The van der Waals surface area contributed by atoms with E-state index in [1.807, 2.05) is 10.8 Å². The second kappa shape index (κ2) is 10.9. The fourth-order valence-corrected chi connectivity index (χ4v) is 5.83. The van der Waals surface area contributed by atoms with E-state index in [1.54, 1.807) is 67.2 Å². The molecule has 1 amide bonds. The van der Waals surface area contributed by atoms with E-state index in [2.05, 4.69) is 4.99 Å². The van der Waals surface area contributed by atoms with E-state index in [0.29, 0.717) is 22.5 Å². The highest BCUT2D eigenvalue weighted by Gasteiger charge is 2.18. The van der Waals surface area contributed by atoms with Crippen LogP contribution < -0.4 is 4.80 Å². The number of benzene rings is 2. The van der Waals surface area contributed by atoms with Crippen molar-refractivity contribution in [2.75, 3.05) is 24.4 Å². The molecule has 0 aliphatic rings. The Morgan fingerprint density at radius 2 is 1.91 bits per heavy atom. The van der Waals surface area contributed by atoms with Crippen LogP contribution in [0, 0.1) is 0 Å². The van der Waals surface area contributed by atoms with Gasteiger partial charge in [-0.05, 0) is 36.9 Å². The first-order valence-corrected chi connectivity index (χ1v) is 14.0. The Labute approximate surface area is 195 Å². The number of rotatable bonds is 9. The maximum Gasteiger partial charge on any atom is 0.338 e. The Hall–Kier alpha value is -2.43. The summed E-state index contributed by atoms with van der Waals surface area (Å²) in [7, 11) is -3.65. The van der Waals surface area contributed by atoms with Crippen LogP contribution in [-0.2, 0) is 31.7 Å². The molecule has 0 radical (unpaired) electrons. The Balaban J connectivity index is 1.92. The van der Waals surface area contributed by atoms with Crippen LogP contribution >= 0.6 is 23.1 Å². The molecule has 0 bridgehead atoms. The number of ether oxygens (including phenoxy) is 1. The maximum atomic E-state index is 12.5. The number of carbonyl (C=O) groups is 2. The lowest BCUT2D eigenvalue weighted by atomic mass is 10.2. The Bertz CT molecular complexity index is 1280. The van der Waals surface area contributed by atoms with Crippen molar-refractivity contribution in [3.63, 3.8) is 0 Å². The number of aromatic nitrogens is 1. The smallest absolute Gasteiger partial charge is 0.338 e. The Kier molecular flexibility index (Phi) is 8.27. The van der Waals surface area contributed by atoms with Crippen LogP contribution in [0.2, 0.25) is 0 Å². The lowest BCUT2D eigenvalue weighted by Crippen LogP contribution is -2.22. The molecule has 0 saturated heterocycles. The molecule has 10 heteroatoms. The molecule has 2 aromatic carbocycles. The standard InChI is InChI=1S/C22H24N2O5S3/c1-3-29-21(26)17-9-10-18-19(13-17)31-22(24(18)11-12-30-2)23-20(25)15-32(27,28)14-16-7-5-4-6-8-16/h4-10,13H,3,11-12,14-15H2,1-2H3. The summed E-state index contributed by atoms with van der Waals surface area (Å²) in [4.78, 5) is 29.2. The lowest BCUT2D eigenvalue weighted by Gasteiger charge is -2.05. The van der Waals surface area contributed by atoms with Crippen LogP contribution in [0.1, 0.15) is 22.8 Å². The second-order valence-electron chi connectivity index (χ2n) is 6.96. The number of hydrogen-bond acceptors (Lipinski definition) is 7. The zero-order chi connectivity index (χ0) is 23.1. The van der Waals surface area contributed by atoms with Crippen LogP contribution in [0.25, 0.3) is 10.2 Å². The van der Waals surface area contributed by atoms with Crippen LogP contribution in [0.15, 0.2) is 53.5 Å². The molecular weight excluding hydrogens is 468 g/mol. The molecule has 0 atom stereocenters. The van der Waals surface area contributed by atoms with E-state index in [0.717, 1.165) is 16.0 Å². The third kappa shape index (κ3) is 6.30. The molecule has 170 valence electrons. The van der Waals surface area contributed by atoms with Gasteiger partial charge < -0.3 is 9.30 Å². The van der Waals surface area contributed by atoms with Crippen molar-refractivity contribution in [1.29, 1.82) is 0 Å². The fraction of sp³-hybridized carbons (Fsp3) is 0.318. The zero-order valence-corrected chi connectivity index (χ0v) is 20.3. The van der Waals surface area contributed by atoms with Gasteiger partial charge in [0.25, 0.3) is 5.91 Å². The van der Waals surface area contributed by atoms with Crippen molar-refractivity contribution >= 4 is 55.0 Å². The van der Waals surface area contributed by atoms with Gasteiger partial charge in [0, 0.05) is 12.3 Å². The first kappa shape index (κ1) is 24.2. The minimum Gasteiger partial charge on any atom is -0.462 e. The molecule has 3 aromatic rings. The predicted molar refractivity (Wildman–Crippen MR) is 129 cm³/mol. The van der Waals surface area contributed by atoms with Gasteiger partial charge in [-0.3, -0.25) is 4.79 Å². The third-order valence-electron chi connectivity index (χ3n) is 4.51. The van der Waals surface area contributed by atoms with Gasteiger partial charge >= 0.3 is 5.97 Å². The van der Waals surface area contributed by atoms with E-state index in [1.165, 1.54) is 11.3 Å². The molecule has 7 nitrogen and oxygen atoms in total. The number of sulfone groups is 1. The highest BCUT2D eigenvalue weighted by atomic mass is 32.2. The molecule has 0 fully saturated rings. The number of nitrogens with zero attached hydrogens (tertiary/aromatic N) is 2. The van der Waals surface area contributed by atoms with Gasteiger partial charge in [0.05, 0.1) is 28.1 Å². The first-order chi connectivity index (χ1) is 15.3. The molecule has 1 aromatic heterocycles. The molecule has 1 heterocycles. The highest BCUT2D eigenvalue weighted by molar-refractivity contribution is 7.98. The first-order valence-electron chi connectivity index (χ1n) is 9.94. The number of aryl methyl sites for hydroxylation is 1. The molecule has 0 spiro atoms. The maximum absolute atomic E-state index is 12.5. The average Bonchev–Trinajstić information content (AvgIpc) is 3.08. The van der Waals surface area contributed by atoms with Gasteiger partial charge in [0.1, 0.15) is 5.75 Å². The molecule has 0 aliphatic heterocycles. The number of thiazole rings is 1. The Morgan fingerprint density at radius 3 is 2.59 bits per heavy atom. The van der Waals surface area contributed by atoms with Crippen molar-refractivity contribution in [3.05, 3.63) is 64.5 Å². The summed E-state index contributed by atoms with van der Waals surface area (Å²) in [5.41, 5.74) is 1.88. The monoisotopic (exact) mass is 492 g/mol. The molecule has 32 heavy (non-hydrogen) atoms.